The summed E-state index contributed by atoms with van der Waals surface area (Å²) in [6, 6.07) is 27.0. The highest BCUT2D eigenvalue weighted by atomic mass is 32.2. The number of sulfone groups is 1. The Labute approximate surface area is 172 Å². The normalized spacial score (nSPS) is 13.4. The van der Waals surface area contributed by atoms with Gasteiger partial charge in [0.25, 0.3) is 0 Å². The Morgan fingerprint density at radius 3 is 1.69 bits per heavy atom. The molecule has 0 aromatic heterocycles. The van der Waals surface area contributed by atoms with Crippen LogP contribution in [0.3, 0.4) is 0 Å². The van der Waals surface area contributed by atoms with Crippen molar-refractivity contribution in [1.82, 2.24) is 4.90 Å². The zero-order valence-electron chi connectivity index (χ0n) is 16.6. The third-order valence-electron chi connectivity index (χ3n) is 5.02. The molecule has 0 radical (unpaired) electrons. The number of benzene rings is 3. The molecule has 0 aliphatic carbocycles. The van der Waals surface area contributed by atoms with Gasteiger partial charge in [-0.25, -0.2) is 8.42 Å². The quantitative estimate of drug-likeness (QED) is 0.581. The van der Waals surface area contributed by atoms with Crippen LogP contribution < -0.4 is 0 Å². The summed E-state index contributed by atoms with van der Waals surface area (Å²) in [7, 11) is -0.367. The number of carbonyl (C=O) groups is 1. The first kappa shape index (κ1) is 20.8. The molecule has 3 rings (SSSR count). The van der Waals surface area contributed by atoms with Crippen LogP contribution in [0.25, 0.3) is 0 Å². The lowest BCUT2D eigenvalue weighted by Crippen LogP contribution is -2.28. The molecule has 0 unspecified atom stereocenters. The van der Waals surface area contributed by atoms with Gasteiger partial charge in [-0.1, -0.05) is 78.9 Å². The van der Waals surface area contributed by atoms with Crippen LogP contribution >= 0.6 is 0 Å². The highest BCUT2D eigenvalue weighted by molar-refractivity contribution is 7.91. The van der Waals surface area contributed by atoms with Crippen molar-refractivity contribution in [3.63, 3.8) is 0 Å². The van der Waals surface area contributed by atoms with E-state index in [1.54, 1.807) is 44.4 Å². The SMILES string of the molecule is CN(C)C(=O)C[C@H](c1ccccc1)[C@@H](c1ccccc1)S(=O)(=O)c1ccccc1. The van der Waals surface area contributed by atoms with E-state index in [-0.39, 0.29) is 17.2 Å². The van der Waals surface area contributed by atoms with Gasteiger partial charge < -0.3 is 4.90 Å². The summed E-state index contributed by atoms with van der Waals surface area (Å²) in [5.41, 5.74) is 1.51. The fourth-order valence-corrected chi connectivity index (χ4v) is 5.53. The lowest BCUT2D eigenvalue weighted by molar-refractivity contribution is -0.129. The second-order valence-corrected chi connectivity index (χ2v) is 9.27. The largest absolute Gasteiger partial charge is 0.349 e. The van der Waals surface area contributed by atoms with E-state index in [9.17, 15) is 13.2 Å². The van der Waals surface area contributed by atoms with E-state index < -0.39 is 21.0 Å². The van der Waals surface area contributed by atoms with Crippen molar-refractivity contribution in [3.8, 4) is 0 Å². The molecule has 0 bridgehead atoms. The second kappa shape index (κ2) is 9.05. The molecule has 0 N–H and O–H groups in total. The van der Waals surface area contributed by atoms with Gasteiger partial charge in [0.2, 0.25) is 5.91 Å². The van der Waals surface area contributed by atoms with Crippen molar-refractivity contribution in [1.29, 1.82) is 0 Å². The van der Waals surface area contributed by atoms with Gasteiger partial charge in [-0.05, 0) is 23.3 Å². The molecule has 1 amide bonds. The van der Waals surface area contributed by atoms with Gasteiger partial charge in [0.05, 0.1) is 10.1 Å². The van der Waals surface area contributed by atoms with E-state index in [0.717, 1.165) is 5.56 Å². The molecule has 0 fully saturated rings. The lowest BCUT2D eigenvalue weighted by atomic mass is 9.88. The molecule has 0 spiro atoms. The molecular weight excluding hydrogens is 382 g/mol. The molecule has 5 heteroatoms. The maximum Gasteiger partial charge on any atom is 0.222 e. The first-order valence-electron chi connectivity index (χ1n) is 9.50. The minimum absolute atomic E-state index is 0.0998. The summed E-state index contributed by atoms with van der Waals surface area (Å²) in [5, 5.41) is -0.877. The van der Waals surface area contributed by atoms with Gasteiger partial charge in [0.15, 0.2) is 9.84 Å². The average molecular weight is 408 g/mol. The average Bonchev–Trinajstić information content (AvgIpc) is 2.75. The Balaban J connectivity index is 2.20. The van der Waals surface area contributed by atoms with Crippen LogP contribution in [-0.2, 0) is 14.6 Å². The molecule has 3 aromatic carbocycles. The molecule has 3 aromatic rings. The van der Waals surface area contributed by atoms with Crippen LogP contribution in [-0.4, -0.2) is 33.3 Å². The predicted octanol–water partition coefficient (Wildman–Crippen LogP) is 4.46. The summed E-state index contributed by atoms with van der Waals surface area (Å²) >= 11 is 0. The number of nitrogens with zero attached hydrogens (tertiary/aromatic N) is 1. The summed E-state index contributed by atoms with van der Waals surface area (Å²) in [6.07, 6.45) is 0.0998. The zero-order chi connectivity index (χ0) is 20.9. The van der Waals surface area contributed by atoms with Crippen molar-refractivity contribution >= 4 is 15.7 Å². The number of carbonyl (C=O) groups excluding carboxylic acids is 1. The Kier molecular flexibility index (Phi) is 6.49. The van der Waals surface area contributed by atoms with E-state index in [2.05, 4.69) is 0 Å². The fourth-order valence-electron chi connectivity index (χ4n) is 3.50. The predicted molar refractivity (Wildman–Crippen MR) is 115 cm³/mol. The topological polar surface area (TPSA) is 54.5 Å². The summed E-state index contributed by atoms with van der Waals surface area (Å²) in [6.45, 7) is 0. The third-order valence-corrected chi connectivity index (χ3v) is 7.22. The molecule has 0 aliphatic rings. The standard InChI is InChI=1S/C24H25NO3S/c1-25(2)23(26)18-22(19-12-6-3-7-13-19)24(20-14-8-4-9-15-20)29(27,28)21-16-10-5-11-17-21/h3-17,22,24H,18H2,1-2H3/t22-,24-/m1/s1. The first-order chi connectivity index (χ1) is 13.9. The van der Waals surface area contributed by atoms with Gasteiger partial charge in [-0.15, -0.1) is 0 Å². The molecular formula is C24H25NO3S. The molecule has 4 nitrogen and oxygen atoms in total. The Bertz CT molecular complexity index is 1030. The van der Waals surface area contributed by atoms with Crippen molar-refractivity contribution in [2.24, 2.45) is 0 Å². The summed E-state index contributed by atoms with van der Waals surface area (Å²) in [4.78, 5) is 14.4. The van der Waals surface area contributed by atoms with Gasteiger partial charge >= 0.3 is 0 Å². The Morgan fingerprint density at radius 1 is 0.759 bits per heavy atom. The number of rotatable bonds is 7. The smallest absolute Gasteiger partial charge is 0.222 e. The van der Waals surface area contributed by atoms with Crippen LogP contribution in [0.1, 0.15) is 28.7 Å². The van der Waals surface area contributed by atoms with Gasteiger partial charge in [0.1, 0.15) is 0 Å². The Hall–Kier alpha value is -2.92. The van der Waals surface area contributed by atoms with Crippen molar-refractivity contribution < 1.29 is 13.2 Å². The van der Waals surface area contributed by atoms with Gasteiger partial charge in [0, 0.05) is 26.4 Å². The third kappa shape index (κ3) is 4.74. The van der Waals surface area contributed by atoms with E-state index >= 15 is 0 Å². The summed E-state index contributed by atoms with van der Waals surface area (Å²) < 4.78 is 27.5. The van der Waals surface area contributed by atoms with Crippen LogP contribution in [0.15, 0.2) is 95.9 Å². The van der Waals surface area contributed by atoms with Gasteiger partial charge in [-0.3, -0.25) is 4.79 Å². The van der Waals surface area contributed by atoms with Crippen molar-refractivity contribution in [2.75, 3.05) is 14.1 Å². The number of hydrogen-bond donors (Lipinski definition) is 0. The van der Waals surface area contributed by atoms with Crippen molar-refractivity contribution in [2.45, 2.75) is 22.5 Å². The number of amides is 1. The highest BCUT2D eigenvalue weighted by Gasteiger charge is 2.38. The maximum atomic E-state index is 13.8. The van der Waals surface area contributed by atoms with E-state index in [4.69, 9.17) is 0 Å². The molecule has 2 atom stereocenters. The van der Waals surface area contributed by atoms with Crippen LogP contribution in [0.2, 0.25) is 0 Å². The van der Waals surface area contributed by atoms with Crippen LogP contribution in [0, 0.1) is 0 Å². The number of hydrogen-bond acceptors (Lipinski definition) is 3. The van der Waals surface area contributed by atoms with E-state index in [1.165, 1.54) is 4.90 Å². The lowest BCUT2D eigenvalue weighted by Gasteiger charge is -2.29. The molecule has 29 heavy (non-hydrogen) atoms. The zero-order valence-corrected chi connectivity index (χ0v) is 17.4. The first-order valence-corrected chi connectivity index (χ1v) is 11.0. The minimum atomic E-state index is -3.74. The minimum Gasteiger partial charge on any atom is -0.349 e. The van der Waals surface area contributed by atoms with Crippen molar-refractivity contribution in [3.05, 3.63) is 102 Å². The Morgan fingerprint density at radius 2 is 1.21 bits per heavy atom. The van der Waals surface area contributed by atoms with E-state index in [1.807, 2.05) is 60.7 Å². The monoisotopic (exact) mass is 407 g/mol. The van der Waals surface area contributed by atoms with Crippen LogP contribution in [0.4, 0.5) is 0 Å². The van der Waals surface area contributed by atoms with Crippen LogP contribution in [0.5, 0.6) is 0 Å². The molecule has 0 saturated carbocycles. The maximum absolute atomic E-state index is 13.8. The van der Waals surface area contributed by atoms with Gasteiger partial charge in [-0.2, -0.15) is 0 Å². The molecule has 150 valence electrons. The molecule has 0 aliphatic heterocycles. The molecule has 0 saturated heterocycles. The summed E-state index contributed by atoms with van der Waals surface area (Å²) in [5.74, 6) is -0.623. The van der Waals surface area contributed by atoms with E-state index in [0.29, 0.717) is 5.56 Å². The second-order valence-electron chi connectivity index (χ2n) is 7.20. The fraction of sp³-hybridized carbons (Fsp3) is 0.208. The molecule has 0 heterocycles. The highest BCUT2D eigenvalue weighted by Crippen LogP contribution is 2.42.